The average molecular weight is 495 g/mol. The Labute approximate surface area is 208 Å². The third-order valence-corrected chi connectivity index (χ3v) is 7.50. The van der Waals surface area contributed by atoms with E-state index in [-0.39, 0.29) is 22.8 Å². The van der Waals surface area contributed by atoms with E-state index in [2.05, 4.69) is 30.0 Å². The minimum atomic E-state index is -3.72. The fourth-order valence-electron chi connectivity index (χ4n) is 4.01. The van der Waals surface area contributed by atoms with Gasteiger partial charge in [-0.25, -0.2) is 8.42 Å². The van der Waals surface area contributed by atoms with Gasteiger partial charge in [0, 0.05) is 5.56 Å². The molecule has 2 N–H and O–H groups in total. The van der Waals surface area contributed by atoms with Crippen LogP contribution in [0.25, 0.3) is 0 Å². The first-order valence-electron chi connectivity index (χ1n) is 11.6. The summed E-state index contributed by atoms with van der Waals surface area (Å²) < 4.78 is 33.6. The van der Waals surface area contributed by atoms with E-state index in [1.54, 1.807) is 56.5 Å². The van der Waals surface area contributed by atoms with Gasteiger partial charge in [0.25, 0.3) is 15.9 Å². The van der Waals surface area contributed by atoms with Gasteiger partial charge in [-0.15, -0.1) is 0 Å². The second kappa shape index (κ2) is 10.5. The molecule has 0 radical (unpaired) electrons. The summed E-state index contributed by atoms with van der Waals surface area (Å²) in [5.74, 6) is 0.903. The fourth-order valence-corrected chi connectivity index (χ4v) is 5.14. The molecule has 0 aromatic heterocycles. The Balaban J connectivity index is 1.78. The van der Waals surface area contributed by atoms with Crippen LogP contribution < -0.4 is 14.8 Å². The average Bonchev–Trinajstić information content (AvgIpc) is 2.79. The second-order valence-electron chi connectivity index (χ2n) is 9.25. The van der Waals surface area contributed by atoms with E-state index < -0.39 is 10.0 Å². The molecule has 186 valence electrons. The number of amides is 1. The number of rotatable bonds is 8. The van der Waals surface area contributed by atoms with Gasteiger partial charge in [-0.3, -0.25) is 9.52 Å². The van der Waals surface area contributed by atoms with Crippen LogP contribution >= 0.6 is 0 Å². The fraction of sp³-hybridized carbons (Fsp3) is 0.321. The standard InChI is InChI=1S/C28H34N2O4S/c1-17(2)24-16-25(19(4)15-27(24)34-7)21(6)29-28(31)22-10-13-26(20(5)14-22)30-35(32,33)23-11-8-18(3)9-12-23/h8-17,21,30H,1-7H3,(H,29,31)/t21-/m0/s1. The lowest BCUT2D eigenvalue weighted by Crippen LogP contribution is -2.27. The van der Waals surface area contributed by atoms with Crippen molar-refractivity contribution in [1.82, 2.24) is 5.32 Å². The minimum absolute atomic E-state index is 0.189. The highest BCUT2D eigenvalue weighted by molar-refractivity contribution is 7.92. The smallest absolute Gasteiger partial charge is 0.261 e. The zero-order valence-corrected chi connectivity index (χ0v) is 22.2. The van der Waals surface area contributed by atoms with Crippen molar-refractivity contribution in [3.05, 3.63) is 88.0 Å². The number of anilines is 1. The third-order valence-electron chi connectivity index (χ3n) is 6.12. The van der Waals surface area contributed by atoms with Gasteiger partial charge in [0.2, 0.25) is 0 Å². The van der Waals surface area contributed by atoms with Gasteiger partial charge in [-0.1, -0.05) is 31.5 Å². The van der Waals surface area contributed by atoms with Gasteiger partial charge in [-0.05, 0) is 98.3 Å². The molecule has 0 aliphatic carbocycles. The van der Waals surface area contributed by atoms with Gasteiger partial charge < -0.3 is 10.1 Å². The molecule has 0 aliphatic heterocycles. The molecule has 1 atom stereocenters. The molecule has 0 unspecified atom stereocenters. The highest BCUT2D eigenvalue weighted by Crippen LogP contribution is 2.32. The van der Waals surface area contributed by atoms with Crippen LogP contribution in [0, 0.1) is 20.8 Å². The summed E-state index contributed by atoms with van der Waals surface area (Å²) in [7, 11) is -2.06. The molecule has 3 rings (SSSR count). The maximum Gasteiger partial charge on any atom is 0.261 e. The topological polar surface area (TPSA) is 84.5 Å². The predicted octanol–water partition coefficient (Wildman–Crippen LogP) is 6.04. The Morgan fingerprint density at radius 1 is 0.857 bits per heavy atom. The number of benzene rings is 3. The van der Waals surface area contributed by atoms with Crippen molar-refractivity contribution in [2.45, 2.75) is 58.4 Å². The van der Waals surface area contributed by atoms with Gasteiger partial charge in [-0.2, -0.15) is 0 Å². The van der Waals surface area contributed by atoms with E-state index >= 15 is 0 Å². The Bertz CT molecular complexity index is 1330. The minimum Gasteiger partial charge on any atom is -0.496 e. The number of nitrogens with one attached hydrogen (secondary N) is 2. The van der Waals surface area contributed by atoms with Crippen molar-refractivity contribution in [3.63, 3.8) is 0 Å². The maximum absolute atomic E-state index is 13.0. The lowest BCUT2D eigenvalue weighted by molar-refractivity contribution is 0.0939. The number of carbonyl (C=O) groups excluding carboxylic acids is 1. The third kappa shape index (κ3) is 6.03. The first-order chi connectivity index (χ1) is 16.4. The van der Waals surface area contributed by atoms with Crippen LogP contribution in [-0.2, 0) is 10.0 Å². The van der Waals surface area contributed by atoms with E-state index in [1.165, 1.54) is 0 Å². The molecule has 0 bridgehead atoms. The molecule has 35 heavy (non-hydrogen) atoms. The summed E-state index contributed by atoms with van der Waals surface area (Å²) in [6, 6.07) is 15.5. The van der Waals surface area contributed by atoms with E-state index in [0.717, 1.165) is 28.0 Å². The quantitative estimate of drug-likeness (QED) is 0.400. The van der Waals surface area contributed by atoms with E-state index in [9.17, 15) is 13.2 Å². The van der Waals surface area contributed by atoms with Crippen molar-refractivity contribution in [2.24, 2.45) is 0 Å². The first-order valence-corrected chi connectivity index (χ1v) is 13.1. The highest BCUT2D eigenvalue weighted by Gasteiger charge is 2.19. The Hall–Kier alpha value is -3.32. The van der Waals surface area contributed by atoms with E-state index in [4.69, 9.17) is 4.74 Å². The van der Waals surface area contributed by atoms with Gasteiger partial charge in [0.05, 0.1) is 23.7 Å². The number of methoxy groups -OCH3 is 1. The van der Waals surface area contributed by atoms with Crippen LogP contribution in [0.1, 0.15) is 70.9 Å². The van der Waals surface area contributed by atoms with Crippen LogP contribution in [0.2, 0.25) is 0 Å². The van der Waals surface area contributed by atoms with Crippen LogP contribution in [-0.4, -0.2) is 21.4 Å². The molecule has 0 spiro atoms. The first kappa shape index (κ1) is 26.3. The molecular formula is C28H34N2O4S. The number of carbonyl (C=O) groups is 1. The largest absolute Gasteiger partial charge is 0.496 e. The van der Waals surface area contributed by atoms with Crippen LogP contribution in [0.3, 0.4) is 0 Å². The molecule has 3 aromatic rings. The van der Waals surface area contributed by atoms with Gasteiger partial charge >= 0.3 is 0 Å². The van der Waals surface area contributed by atoms with Crippen molar-refractivity contribution in [2.75, 3.05) is 11.8 Å². The summed E-state index contributed by atoms with van der Waals surface area (Å²) in [5.41, 5.74) is 5.69. The number of aryl methyl sites for hydroxylation is 3. The van der Waals surface area contributed by atoms with Crippen LogP contribution in [0.4, 0.5) is 5.69 Å². The maximum atomic E-state index is 13.0. The lowest BCUT2D eigenvalue weighted by Gasteiger charge is -2.21. The normalized spacial score (nSPS) is 12.3. The number of hydrogen-bond donors (Lipinski definition) is 2. The van der Waals surface area contributed by atoms with Crippen molar-refractivity contribution >= 4 is 21.6 Å². The SMILES string of the molecule is COc1cc(C)c([C@H](C)NC(=O)c2ccc(NS(=O)(=O)c3ccc(C)cc3)c(C)c2)cc1C(C)C. The van der Waals surface area contributed by atoms with Crippen molar-refractivity contribution < 1.29 is 17.9 Å². The molecule has 0 fully saturated rings. The highest BCUT2D eigenvalue weighted by atomic mass is 32.2. The molecule has 0 aliphatic rings. The van der Waals surface area contributed by atoms with Crippen LogP contribution in [0.15, 0.2) is 59.5 Å². The van der Waals surface area contributed by atoms with Gasteiger partial charge in [0.1, 0.15) is 5.75 Å². The Morgan fingerprint density at radius 2 is 1.51 bits per heavy atom. The van der Waals surface area contributed by atoms with E-state index in [0.29, 0.717) is 16.8 Å². The van der Waals surface area contributed by atoms with Crippen LogP contribution in [0.5, 0.6) is 5.75 Å². The van der Waals surface area contributed by atoms with Crippen molar-refractivity contribution in [1.29, 1.82) is 0 Å². The number of ether oxygens (including phenoxy) is 1. The molecule has 6 nitrogen and oxygen atoms in total. The van der Waals surface area contributed by atoms with Crippen molar-refractivity contribution in [3.8, 4) is 5.75 Å². The summed E-state index contributed by atoms with van der Waals surface area (Å²) in [6.45, 7) is 11.8. The monoisotopic (exact) mass is 494 g/mol. The summed E-state index contributed by atoms with van der Waals surface area (Å²) in [6.07, 6.45) is 0. The molecule has 0 saturated heterocycles. The summed E-state index contributed by atoms with van der Waals surface area (Å²) in [4.78, 5) is 13.2. The van der Waals surface area contributed by atoms with Gasteiger partial charge in [0.15, 0.2) is 0 Å². The molecule has 7 heteroatoms. The molecular weight excluding hydrogens is 460 g/mol. The predicted molar refractivity (Wildman–Crippen MR) is 141 cm³/mol. The molecule has 0 saturated carbocycles. The molecule has 1 amide bonds. The summed E-state index contributed by atoms with van der Waals surface area (Å²) >= 11 is 0. The number of hydrogen-bond acceptors (Lipinski definition) is 4. The molecule has 3 aromatic carbocycles. The Morgan fingerprint density at radius 3 is 2.09 bits per heavy atom. The lowest BCUT2D eigenvalue weighted by atomic mass is 9.93. The summed E-state index contributed by atoms with van der Waals surface area (Å²) in [5, 5.41) is 3.06. The van der Waals surface area contributed by atoms with E-state index in [1.807, 2.05) is 26.8 Å². The zero-order chi connectivity index (χ0) is 25.9. The second-order valence-corrected chi connectivity index (χ2v) is 10.9. The molecule has 0 heterocycles. The Kier molecular flexibility index (Phi) is 7.90. The number of sulfonamides is 1. The zero-order valence-electron chi connectivity index (χ0n) is 21.4.